The summed E-state index contributed by atoms with van der Waals surface area (Å²) >= 11 is 6.36. The predicted molar refractivity (Wildman–Crippen MR) is 164 cm³/mol. The van der Waals surface area contributed by atoms with Gasteiger partial charge in [0.05, 0.1) is 17.1 Å². The average molecular weight is 556 g/mol. The van der Waals surface area contributed by atoms with Gasteiger partial charge in [0.1, 0.15) is 17.9 Å². The molecule has 0 spiro atoms. The lowest BCUT2D eigenvalue weighted by Crippen LogP contribution is -2.20. The van der Waals surface area contributed by atoms with Crippen LogP contribution in [0.15, 0.2) is 130 Å². The molecular formula is C34H22ClN3O3. The van der Waals surface area contributed by atoms with Crippen LogP contribution in [0.2, 0.25) is 5.02 Å². The summed E-state index contributed by atoms with van der Waals surface area (Å²) in [5.41, 5.74) is 2.61. The summed E-state index contributed by atoms with van der Waals surface area (Å²) in [7, 11) is 0. The molecule has 0 N–H and O–H groups in total. The highest BCUT2D eigenvalue weighted by atomic mass is 35.5. The van der Waals surface area contributed by atoms with E-state index in [9.17, 15) is 4.79 Å². The van der Waals surface area contributed by atoms with Crippen molar-refractivity contribution in [2.24, 2.45) is 5.10 Å². The Hall–Kier alpha value is -5.20. The fraction of sp³-hybridized carbons (Fsp3) is 0.0294. The first-order valence-corrected chi connectivity index (χ1v) is 13.5. The Morgan fingerprint density at radius 2 is 1.59 bits per heavy atom. The van der Waals surface area contributed by atoms with Gasteiger partial charge in [0, 0.05) is 16.0 Å². The van der Waals surface area contributed by atoms with Gasteiger partial charge in [0.2, 0.25) is 5.82 Å². The normalized spacial score (nSPS) is 11.6. The molecule has 0 aliphatic heterocycles. The van der Waals surface area contributed by atoms with Crippen LogP contribution in [-0.4, -0.2) is 15.9 Å². The second-order valence-electron chi connectivity index (χ2n) is 9.57. The van der Waals surface area contributed by atoms with Crippen molar-refractivity contribution in [2.45, 2.75) is 6.61 Å². The van der Waals surface area contributed by atoms with E-state index in [0.717, 1.165) is 21.7 Å². The molecule has 0 radical (unpaired) electrons. The first kappa shape index (κ1) is 24.8. The first-order valence-electron chi connectivity index (χ1n) is 13.1. The van der Waals surface area contributed by atoms with Gasteiger partial charge < -0.3 is 9.15 Å². The Kier molecular flexibility index (Phi) is 6.30. The van der Waals surface area contributed by atoms with Crippen molar-refractivity contribution in [1.82, 2.24) is 9.66 Å². The standard InChI is InChI=1S/C34H22ClN3O3/c35-26-16-17-30(40-21-24-11-7-10-22-8-1-3-12-27(22)24)25(18-26)20-36-38-33(32-19-23-9-2-6-15-31(23)41-32)37-29-14-5-4-13-28(29)34(38)39/h1-20H,21H2. The molecule has 7 heteroatoms. The zero-order valence-corrected chi connectivity index (χ0v) is 22.5. The Labute approximate surface area is 239 Å². The Morgan fingerprint density at radius 3 is 2.46 bits per heavy atom. The third-order valence-electron chi connectivity index (χ3n) is 6.95. The number of hydrogen-bond acceptors (Lipinski definition) is 5. The number of halogens is 1. The van der Waals surface area contributed by atoms with Crippen LogP contribution in [-0.2, 0) is 6.61 Å². The lowest BCUT2D eigenvalue weighted by Gasteiger charge is -2.12. The summed E-state index contributed by atoms with van der Waals surface area (Å²) in [5.74, 6) is 1.31. The molecule has 5 aromatic carbocycles. The van der Waals surface area contributed by atoms with E-state index >= 15 is 0 Å². The van der Waals surface area contributed by atoms with Crippen LogP contribution >= 0.6 is 11.6 Å². The molecule has 0 unspecified atom stereocenters. The quantitative estimate of drug-likeness (QED) is 0.194. The summed E-state index contributed by atoms with van der Waals surface area (Å²) in [5, 5.41) is 8.74. The molecule has 0 bridgehead atoms. The summed E-state index contributed by atoms with van der Waals surface area (Å²) in [6.07, 6.45) is 1.56. The van der Waals surface area contributed by atoms with Crippen LogP contribution in [0.1, 0.15) is 11.1 Å². The van der Waals surface area contributed by atoms with E-state index in [1.54, 1.807) is 42.6 Å². The van der Waals surface area contributed by atoms with Crippen molar-refractivity contribution in [3.05, 3.63) is 142 Å². The molecular weight excluding hydrogens is 534 g/mol. The second-order valence-corrected chi connectivity index (χ2v) is 10.0. The largest absolute Gasteiger partial charge is 0.488 e. The van der Waals surface area contributed by atoms with Crippen molar-refractivity contribution in [2.75, 3.05) is 0 Å². The molecule has 0 amide bonds. The van der Waals surface area contributed by atoms with Crippen molar-refractivity contribution in [3.63, 3.8) is 0 Å². The number of aromatic nitrogens is 2. The molecule has 0 aliphatic rings. The van der Waals surface area contributed by atoms with Crippen LogP contribution in [0, 0.1) is 0 Å². The van der Waals surface area contributed by atoms with E-state index in [-0.39, 0.29) is 5.56 Å². The summed E-state index contributed by atoms with van der Waals surface area (Å²) < 4.78 is 13.6. The van der Waals surface area contributed by atoms with Crippen molar-refractivity contribution >= 4 is 50.5 Å². The fourth-order valence-corrected chi connectivity index (χ4v) is 5.11. The highest BCUT2D eigenvalue weighted by molar-refractivity contribution is 6.30. The number of ether oxygens (including phenoxy) is 1. The highest BCUT2D eigenvalue weighted by Gasteiger charge is 2.16. The number of furan rings is 1. The number of nitrogens with zero attached hydrogens (tertiary/aromatic N) is 3. The maximum absolute atomic E-state index is 13.7. The Balaban J connectivity index is 1.30. The highest BCUT2D eigenvalue weighted by Crippen LogP contribution is 2.28. The van der Waals surface area contributed by atoms with Gasteiger partial charge in [-0.1, -0.05) is 84.4 Å². The van der Waals surface area contributed by atoms with Gasteiger partial charge in [-0.2, -0.15) is 9.78 Å². The summed E-state index contributed by atoms with van der Waals surface area (Å²) in [4.78, 5) is 18.4. The van der Waals surface area contributed by atoms with Gasteiger partial charge >= 0.3 is 0 Å². The van der Waals surface area contributed by atoms with Gasteiger partial charge in [0.25, 0.3) is 5.56 Å². The SMILES string of the molecule is O=c1c2ccccc2nc(-c2cc3ccccc3o2)n1N=Cc1cc(Cl)ccc1OCc1cccc2ccccc12. The van der Waals surface area contributed by atoms with E-state index in [1.807, 2.05) is 60.7 Å². The molecule has 0 aliphatic carbocycles. The van der Waals surface area contributed by atoms with E-state index in [2.05, 4.69) is 23.3 Å². The maximum Gasteiger partial charge on any atom is 0.282 e. The molecule has 2 aromatic heterocycles. The zero-order valence-electron chi connectivity index (χ0n) is 21.7. The maximum atomic E-state index is 13.7. The van der Waals surface area contributed by atoms with Crippen LogP contribution in [0.3, 0.4) is 0 Å². The minimum Gasteiger partial charge on any atom is -0.488 e. The van der Waals surface area contributed by atoms with E-state index in [1.165, 1.54) is 4.68 Å². The zero-order chi connectivity index (χ0) is 27.8. The number of rotatable bonds is 6. The van der Waals surface area contributed by atoms with Crippen LogP contribution in [0.5, 0.6) is 5.75 Å². The van der Waals surface area contributed by atoms with Gasteiger partial charge in [-0.25, -0.2) is 4.98 Å². The van der Waals surface area contributed by atoms with Crippen LogP contribution < -0.4 is 10.3 Å². The number of para-hydroxylation sites is 2. The smallest absolute Gasteiger partial charge is 0.282 e. The molecule has 0 saturated heterocycles. The minimum absolute atomic E-state index is 0.293. The second kappa shape index (κ2) is 10.4. The molecule has 0 atom stereocenters. The van der Waals surface area contributed by atoms with Gasteiger partial charge in [-0.15, -0.1) is 0 Å². The lowest BCUT2D eigenvalue weighted by molar-refractivity contribution is 0.307. The van der Waals surface area contributed by atoms with E-state index in [0.29, 0.717) is 51.0 Å². The van der Waals surface area contributed by atoms with Crippen molar-refractivity contribution < 1.29 is 9.15 Å². The van der Waals surface area contributed by atoms with Crippen molar-refractivity contribution in [3.8, 4) is 17.3 Å². The van der Waals surface area contributed by atoms with E-state index < -0.39 is 0 Å². The Morgan fingerprint density at radius 1 is 0.829 bits per heavy atom. The molecule has 198 valence electrons. The third kappa shape index (κ3) is 4.75. The summed E-state index contributed by atoms with van der Waals surface area (Å²) in [6, 6.07) is 36.3. The number of fused-ring (bicyclic) bond motifs is 3. The first-order chi connectivity index (χ1) is 20.1. The molecule has 7 aromatic rings. The van der Waals surface area contributed by atoms with Crippen LogP contribution in [0.25, 0.3) is 44.2 Å². The topological polar surface area (TPSA) is 69.6 Å². The average Bonchev–Trinajstić information content (AvgIpc) is 3.44. The predicted octanol–water partition coefficient (Wildman–Crippen LogP) is 8.08. The van der Waals surface area contributed by atoms with E-state index in [4.69, 9.17) is 25.7 Å². The molecule has 41 heavy (non-hydrogen) atoms. The lowest BCUT2D eigenvalue weighted by atomic mass is 10.1. The molecule has 7 rings (SSSR count). The fourth-order valence-electron chi connectivity index (χ4n) is 4.93. The van der Waals surface area contributed by atoms with Gasteiger partial charge in [0.15, 0.2) is 5.76 Å². The molecule has 0 fully saturated rings. The Bertz CT molecular complexity index is 2130. The van der Waals surface area contributed by atoms with Gasteiger partial charge in [-0.05, 0) is 58.8 Å². The van der Waals surface area contributed by atoms with Crippen molar-refractivity contribution in [1.29, 1.82) is 0 Å². The van der Waals surface area contributed by atoms with Crippen LogP contribution in [0.4, 0.5) is 0 Å². The molecule has 2 heterocycles. The molecule has 6 nitrogen and oxygen atoms in total. The summed E-state index contributed by atoms with van der Waals surface area (Å²) in [6.45, 7) is 0.353. The monoisotopic (exact) mass is 555 g/mol. The van der Waals surface area contributed by atoms with Gasteiger partial charge in [-0.3, -0.25) is 4.79 Å². The number of benzene rings is 5. The third-order valence-corrected chi connectivity index (χ3v) is 7.18. The number of hydrogen-bond donors (Lipinski definition) is 0. The molecule has 0 saturated carbocycles. The minimum atomic E-state index is -0.317.